The van der Waals surface area contributed by atoms with Gasteiger partial charge in [-0.15, -0.1) is 0 Å². The van der Waals surface area contributed by atoms with Crippen molar-refractivity contribution in [3.8, 4) is 5.75 Å². The lowest BCUT2D eigenvalue weighted by molar-refractivity contribution is 0.124. The summed E-state index contributed by atoms with van der Waals surface area (Å²) in [5.74, 6) is 1.20. The van der Waals surface area contributed by atoms with Gasteiger partial charge < -0.3 is 15.6 Å². The maximum absolute atomic E-state index is 10.2. The summed E-state index contributed by atoms with van der Waals surface area (Å²) in [6.45, 7) is 8.99. The van der Waals surface area contributed by atoms with Crippen LogP contribution in [0, 0.1) is 6.92 Å². The molecule has 20 heavy (non-hydrogen) atoms. The van der Waals surface area contributed by atoms with E-state index in [-0.39, 0.29) is 6.04 Å². The third-order valence-corrected chi connectivity index (χ3v) is 3.79. The summed E-state index contributed by atoms with van der Waals surface area (Å²) in [4.78, 5) is 0. The Hall–Kier alpha value is -1.06. The summed E-state index contributed by atoms with van der Waals surface area (Å²) in [6, 6.07) is 6.04. The molecule has 1 aromatic carbocycles. The molecule has 0 saturated carbocycles. The molecule has 0 aliphatic carbocycles. The van der Waals surface area contributed by atoms with Crippen LogP contribution in [-0.4, -0.2) is 23.9 Å². The van der Waals surface area contributed by atoms with Crippen molar-refractivity contribution in [1.29, 1.82) is 0 Å². The summed E-state index contributed by atoms with van der Waals surface area (Å²) < 4.78 is 5.50. The zero-order valence-electron chi connectivity index (χ0n) is 13.2. The molecule has 3 unspecified atom stereocenters. The minimum atomic E-state index is -0.434. The van der Waals surface area contributed by atoms with Gasteiger partial charge in [-0.1, -0.05) is 26.3 Å². The summed E-state index contributed by atoms with van der Waals surface area (Å²) in [5.41, 5.74) is 8.45. The van der Waals surface area contributed by atoms with Crippen molar-refractivity contribution in [2.24, 2.45) is 5.73 Å². The molecule has 114 valence electrons. The van der Waals surface area contributed by atoms with Gasteiger partial charge in [0.15, 0.2) is 0 Å². The first-order valence-electron chi connectivity index (χ1n) is 7.66. The average Bonchev–Trinajstić information content (AvgIpc) is 2.39. The van der Waals surface area contributed by atoms with Crippen molar-refractivity contribution in [2.75, 3.05) is 6.61 Å². The molecular weight excluding hydrogens is 250 g/mol. The highest BCUT2D eigenvalue weighted by molar-refractivity contribution is 5.36. The Kier molecular flexibility index (Phi) is 7.03. The topological polar surface area (TPSA) is 55.5 Å². The van der Waals surface area contributed by atoms with Crippen molar-refractivity contribution in [2.45, 2.75) is 65.0 Å². The number of aliphatic hydroxyl groups excluding tert-OH is 1. The van der Waals surface area contributed by atoms with Crippen LogP contribution in [0.15, 0.2) is 18.2 Å². The van der Waals surface area contributed by atoms with E-state index in [9.17, 15) is 5.11 Å². The number of hydrogen-bond donors (Lipinski definition) is 2. The van der Waals surface area contributed by atoms with Crippen LogP contribution >= 0.6 is 0 Å². The number of ether oxygens (including phenoxy) is 1. The molecule has 0 spiro atoms. The van der Waals surface area contributed by atoms with Crippen LogP contribution in [0.2, 0.25) is 0 Å². The number of hydrogen-bond acceptors (Lipinski definition) is 3. The van der Waals surface area contributed by atoms with Crippen LogP contribution < -0.4 is 10.5 Å². The number of aryl methyl sites for hydroxylation is 1. The standard InChI is InChI=1S/C17H29NO2/c1-5-7-16(18)17(19)11-13(4)15-9-8-14(20-6-2)10-12(15)3/h8-10,13,16-17,19H,5-7,11,18H2,1-4H3. The molecule has 0 aliphatic rings. The molecule has 3 nitrogen and oxygen atoms in total. The minimum Gasteiger partial charge on any atom is -0.494 e. The van der Waals surface area contributed by atoms with Crippen molar-refractivity contribution >= 4 is 0 Å². The average molecular weight is 279 g/mol. The molecule has 3 atom stereocenters. The van der Waals surface area contributed by atoms with Gasteiger partial charge in [0.25, 0.3) is 0 Å². The van der Waals surface area contributed by atoms with Gasteiger partial charge in [0.1, 0.15) is 5.75 Å². The Balaban J connectivity index is 2.69. The molecule has 0 bridgehead atoms. The fraction of sp³-hybridized carbons (Fsp3) is 0.647. The number of rotatable bonds is 8. The molecule has 0 amide bonds. The molecule has 1 rings (SSSR count). The smallest absolute Gasteiger partial charge is 0.119 e. The molecule has 1 aromatic rings. The van der Waals surface area contributed by atoms with E-state index in [0.29, 0.717) is 18.9 Å². The lowest BCUT2D eigenvalue weighted by atomic mass is 9.89. The van der Waals surface area contributed by atoms with Crippen LogP contribution in [0.1, 0.15) is 57.1 Å². The zero-order valence-corrected chi connectivity index (χ0v) is 13.2. The summed E-state index contributed by atoms with van der Waals surface area (Å²) in [5, 5.41) is 10.2. The maximum Gasteiger partial charge on any atom is 0.119 e. The summed E-state index contributed by atoms with van der Waals surface area (Å²) in [6.07, 6.45) is 2.15. The first-order valence-corrected chi connectivity index (χ1v) is 7.66. The van der Waals surface area contributed by atoms with Crippen molar-refractivity contribution < 1.29 is 9.84 Å². The van der Waals surface area contributed by atoms with Gasteiger partial charge in [-0.25, -0.2) is 0 Å². The minimum absolute atomic E-state index is 0.120. The predicted molar refractivity (Wildman–Crippen MR) is 84.3 cm³/mol. The van der Waals surface area contributed by atoms with E-state index >= 15 is 0 Å². The Morgan fingerprint density at radius 2 is 2.00 bits per heavy atom. The van der Waals surface area contributed by atoms with Gasteiger partial charge in [-0.2, -0.15) is 0 Å². The largest absolute Gasteiger partial charge is 0.494 e. The Morgan fingerprint density at radius 3 is 2.55 bits per heavy atom. The second-order valence-corrected chi connectivity index (χ2v) is 5.61. The monoisotopic (exact) mass is 279 g/mol. The van der Waals surface area contributed by atoms with Crippen LogP contribution in [0.3, 0.4) is 0 Å². The molecule has 0 fully saturated rings. The van der Waals surface area contributed by atoms with E-state index in [1.165, 1.54) is 11.1 Å². The van der Waals surface area contributed by atoms with Gasteiger partial charge in [-0.3, -0.25) is 0 Å². The molecule has 3 heteroatoms. The lowest BCUT2D eigenvalue weighted by Crippen LogP contribution is -2.35. The van der Waals surface area contributed by atoms with E-state index in [1.54, 1.807) is 0 Å². The van der Waals surface area contributed by atoms with Crippen molar-refractivity contribution in [3.05, 3.63) is 29.3 Å². The molecule has 0 aliphatic heterocycles. The van der Waals surface area contributed by atoms with Gasteiger partial charge in [0.05, 0.1) is 12.7 Å². The van der Waals surface area contributed by atoms with Crippen LogP contribution in [0.4, 0.5) is 0 Å². The van der Waals surface area contributed by atoms with Gasteiger partial charge >= 0.3 is 0 Å². The fourth-order valence-electron chi connectivity index (χ4n) is 2.65. The molecule has 0 saturated heterocycles. The molecular formula is C17H29NO2. The second-order valence-electron chi connectivity index (χ2n) is 5.61. The van der Waals surface area contributed by atoms with E-state index < -0.39 is 6.10 Å². The van der Waals surface area contributed by atoms with E-state index in [1.807, 2.05) is 13.0 Å². The fourth-order valence-corrected chi connectivity index (χ4v) is 2.65. The van der Waals surface area contributed by atoms with Crippen molar-refractivity contribution in [3.63, 3.8) is 0 Å². The zero-order chi connectivity index (χ0) is 15.1. The quantitative estimate of drug-likeness (QED) is 0.767. The predicted octanol–water partition coefficient (Wildman–Crippen LogP) is 3.38. The normalized spacial score (nSPS) is 15.7. The summed E-state index contributed by atoms with van der Waals surface area (Å²) in [7, 11) is 0. The highest BCUT2D eigenvalue weighted by Crippen LogP contribution is 2.27. The highest BCUT2D eigenvalue weighted by atomic mass is 16.5. The first kappa shape index (κ1) is 17.0. The second kappa shape index (κ2) is 8.28. The molecule has 0 heterocycles. The van der Waals surface area contributed by atoms with Gasteiger partial charge in [-0.05, 0) is 55.9 Å². The summed E-state index contributed by atoms with van der Waals surface area (Å²) >= 11 is 0. The highest BCUT2D eigenvalue weighted by Gasteiger charge is 2.19. The van der Waals surface area contributed by atoms with E-state index in [4.69, 9.17) is 10.5 Å². The third-order valence-electron chi connectivity index (χ3n) is 3.79. The third kappa shape index (κ3) is 4.80. The lowest BCUT2D eigenvalue weighted by Gasteiger charge is -2.23. The SMILES string of the molecule is CCCC(N)C(O)CC(C)c1ccc(OCC)cc1C. The number of benzene rings is 1. The van der Waals surface area contributed by atoms with E-state index in [0.717, 1.165) is 18.6 Å². The number of aliphatic hydroxyl groups is 1. The van der Waals surface area contributed by atoms with Crippen LogP contribution in [0.25, 0.3) is 0 Å². The Morgan fingerprint density at radius 1 is 1.30 bits per heavy atom. The van der Waals surface area contributed by atoms with E-state index in [2.05, 4.69) is 32.9 Å². The van der Waals surface area contributed by atoms with Gasteiger partial charge in [0.2, 0.25) is 0 Å². The first-order chi connectivity index (χ1) is 9.49. The maximum atomic E-state index is 10.2. The molecule has 0 radical (unpaired) electrons. The van der Waals surface area contributed by atoms with Crippen molar-refractivity contribution in [1.82, 2.24) is 0 Å². The molecule has 0 aromatic heterocycles. The van der Waals surface area contributed by atoms with Crippen LogP contribution in [0.5, 0.6) is 5.75 Å². The Bertz CT molecular complexity index is 406. The number of nitrogens with two attached hydrogens (primary N) is 1. The van der Waals surface area contributed by atoms with Crippen LogP contribution in [-0.2, 0) is 0 Å². The Labute approximate surface area is 123 Å². The van der Waals surface area contributed by atoms with Gasteiger partial charge in [0, 0.05) is 6.04 Å². The molecule has 3 N–H and O–H groups in total.